The summed E-state index contributed by atoms with van der Waals surface area (Å²) in [5, 5.41) is 17.9. The van der Waals surface area contributed by atoms with E-state index in [4.69, 9.17) is 9.72 Å². The summed E-state index contributed by atoms with van der Waals surface area (Å²) in [5.74, 6) is -2.06. The number of aliphatic hydroxyl groups is 1. The predicted molar refractivity (Wildman–Crippen MR) is 171 cm³/mol. The second-order valence-corrected chi connectivity index (χ2v) is 12.6. The van der Waals surface area contributed by atoms with Crippen LogP contribution in [0.15, 0.2) is 36.4 Å². The van der Waals surface area contributed by atoms with Crippen molar-refractivity contribution >= 4 is 40.7 Å². The van der Waals surface area contributed by atoms with Crippen molar-refractivity contribution in [3.05, 3.63) is 47.7 Å². The molecular weight excluding hydrogens is 574 g/mol. The molecule has 11 nitrogen and oxygen atoms in total. The zero-order valence-corrected chi connectivity index (χ0v) is 27.0. The van der Waals surface area contributed by atoms with Crippen LogP contribution in [0, 0.1) is 11.3 Å². The number of hydrazine groups is 1. The quantitative estimate of drug-likeness (QED) is 0.296. The van der Waals surface area contributed by atoms with Crippen LogP contribution in [0.1, 0.15) is 77.5 Å². The van der Waals surface area contributed by atoms with E-state index < -0.39 is 41.6 Å². The number of likely N-dealkylation sites (N-methyl/N-ethyl adjacent to an activating group) is 1. The highest BCUT2D eigenvalue weighted by molar-refractivity contribution is 5.91. The molecule has 11 heteroatoms. The molecule has 2 fully saturated rings. The number of nitrogens with zero attached hydrogens (tertiary/aromatic N) is 2. The Labute approximate surface area is 265 Å². The molecule has 244 valence electrons. The van der Waals surface area contributed by atoms with E-state index in [1.165, 1.54) is 5.01 Å². The van der Waals surface area contributed by atoms with Gasteiger partial charge in [0.1, 0.15) is 12.1 Å². The molecule has 0 bridgehead atoms. The first-order chi connectivity index (χ1) is 21.5. The number of pyridine rings is 1. The topological polar surface area (TPSA) is 150 Å². The van der Waals surface area contributed by atoms with E-state index in [-0.39, 0.29) is 17.7 Å². The smallest absolute Gasteiger partial charge is 0.316 e. The fourth-order valence-corrected chi connectivity index (χ4v) is 5.91. The van der Waals surface area contributed by atoms with Gasteiger partial charge in [-0.2, -0.15) is 0 Å². The Kier molecular flexibility index (Phi) is 11.3. The number of esters is 1. The lowest BCUT2D eigenvalue weighted by atomic mass is 9.72. The third-order valence-corrected chi connectivity index (χ3v) is 8.83. The van der Waals surface area contributed by atoms with Gasteiger partial charge < -0.3 is 20.5 Å². The van der Waals surface area contributed by atoms with Crippen LogP contribution in [0.25, 0.3) is 17.0 Å². The molecule has 1 aromatic heterocycles. The molecule has 1 saturated heterocycles. The van der Waals surface area contributed by atoms with Gasteiger partial charge in [-0.1, -0.05) is 51.1 Å². The van der Waals surface area contributed by atoms with Crippen LogP contribution in [0.3, 0.4) is 0 Å². The highest BCUT2D eigenvalue weighted by Gasteiger charge is 2.43. The monoisotopic (exact) mass is 621 g/mol. The number of ether oxygens (including phenoxy) is 1. The summed E-state index contributed by atoms with van der Waals surface area (Å²) in [6, 6.07) is 8.57. The Balaban J connectivity index is 1.48. The van der Waals surface area contributed by atoms with Gasteiger partial charge in [0.2, 0.25) is 5.91 Å². The van der Waals surface area contributed by atoms with Gasteiger partial charge in [0, 0.05) is 24.7 Å². The number of benzene rings is 1. The van der Waals surface area contributed by atoms with Gasteiger partial charge in [0.25, 0.3) is 11.8 Å². The van der Waals surface area contributed by atoms with Crippen molar-refractivity contribution in [2.45, 2.75) is 96.9 Å². The minimum atomic E-state index is -1.13. The molecule has 45 heavy (non-hydrogen) atoms. The first-order valence-corrected chi connectivity index (χ1v) is 16.0. The Morgan fingerprint density at radius 2 is 1.84 bits per heavy atom. The number of nitrogens with one attached hydrogen (secondary N) is 3. The lowest BCUT2D eigenvalue weighted by Gasteiger charge is -2.36. The number of carbonyl (C=O) groups excluding carboxylic acids is 4. The number of aliphatic hydroxyl groups excluding tert-OH is 1. The van der Waals surface area contributed by atoms with Crippen molar-refractivity contribution in [3.63, 3.8) is 0 Å². The summed E-state index contributed by atoms with van der Waals surface area (Å²) in [4.78, 5) is 57.2. The van der Waals surface area contributed by atoms with E-state index in [0.29, 0.717) is 45.1 Å². The van der Waals surface area contributed by atoms with Crippen molar-refractivity contribution in [1.29, 1.82) is 0 Å². The number of carbonyl (C=O) groups is 4. The highest BCUT2D eigenvalue weighted by atomic mass is 16.5. The molecular formula is C34H47N5O6. The van der Waals surface area contributed by atoms with Crippen LogP contribution in [0.5, 0.6) is 0 Å². The van der Waals surface area contributed by atoms with Gasteiger partial charge in [0.15, 0.2) is 6.10 Å². The Morgan fingerprint density at radius 1 is 1.13 bits per heavy atom. The largest absolute Gasteiger partial charge is 0.451 e. The maximum atomic E-state index is 13.9. The Morgan fingerprint density at radius 3 is 2.51 bits per heavy atom. The number of amides is 3. The number of rotatable bonds is 10. The number of hydrogen-bond donors (Lipinski definition) is 4. The molecule has 1 aliphatic heterocycles. The zero-order chi connectivity index (χ0) is 32.7. The number of hydrogen-bond acceptors (Lipinski definition) is 8. The lowest BCUT2D eigenvalue weighted by Crippen LogP contribution is -2.61. The summed E-state index contributed by atoms with van der Waals surface area (Å²) in [6.07, 6.45) is 5.80. The summed E-state index contributed by atoms with van der Waals surface area (Å²) in [7, 11) is 1.54. The van der Waals surface area contributed by atoms with E-state index in [1.54, 1.807) is 27.8 Å². The van der Waals surface area contributed by atoms with Crippen LogP contribution >= 0.6 is 0 Å². The molecule has 2 aliphatic rings. The molecule has 2 aromatic rings. The minimum absolute atomic E-state index is 0.211. The molecule has 3 unspecified atom stereocenters. The molecule has 3 atom stereocenters. The fourth-order valence-electron chi connectivity index (χ4n) is 5.91. The number of fused-ring (bicyclic) bond motifs is 1. The average Bonchev–Trinajstić information content (AvgIpc) is 3.05. The van der Waals surface area contributed by atoms with Crippen LogP contribution in [-0.2, 0) is 30.3 Å². The Hall–Kier alpha value is -3.83. The van der Waals surface area contributed by atoms with E-state index in [2.05, 4.69) is 23.0 Å². The van der Waals surface area contributed by atoms with Crippen LogP contribution < -0.4 is 16.1 Å². The van der Waals surface area contributed by atoms with E-state index in [0.717, 1.165) is 28.6 Å². The molecule has 0 radical (unpaired) electrons. The number of aromatic nitrogens is 1. The molecule has 4 N–H and O–H groups in total. The van der Waals surface area contributed by atoms with Gasteiger partial charge in [0.05, 0.1) is 17.0 Å². The summed E-state index contributed by atoms with van der Waals surface area (Å²) < 4.78 is 5.94. The summed E-state index contributed by atoms with van der Waals surface area (Å²) in [6.45, 7) is 7.60. The molecule has 3 amide bonds. The molecule has 1 saturated carbocycles. The van der Waals surface area contributed by atoms with Crippen LogP contribution in [0.2, 0.25) is 0 Å². The second kappa shape index (κ2) is 15.0. The normalized spacial score (nSPS) is 23.5. The first-order valence-electron chi connectivity index (χ1n) is 16.0. The van der Waals surface area contributed by atoms with Crippen molar-refractivity contribution in [3.8, 4) is 0 Å². The average molecular weight is 622 g/mol. The standard InChI is InChI=1S/C34H47N5O6/c1-6-25-12-11-24-10-9-23(20-28(24)37-25)13-16-34(17-14-26(40)15-18-34)33(44)45-29(21(2)3)31(42)36-22(4)32(43)39-19-7-8-27(38-39)30(41)35-5/h9-13,16,20-22,26-27,29,38,40H,6-8,14-15,17-19H2,1-5H3,(H,35,41)(H,36,42)/b16-13+. The van der Waals surface area contributed by atoms with E-state index >= 15 is 0 Å². The number of aryl methyl sites for hydroxylation is 1. The van der Waals surface area contributed by atoms with E-state index in [1.807, 2.05) is 42.5 Å². The Bertz CT molecular complexity index is 1420. The van der Waals surface area contributed by atoms with Crippen molar-refractivity contribution < 1.29 is 29.0 Å². The molecule has 1 aromatic carbocycles. The molecule has 2 heterocycles. The summed E-state index contributed by atoms with van der Waals surface area (Å²) in [5.41, 5.74) is 4.68. The maximum Gasteiger partial charge on any atom is 0.316 e. The van der Waals surface area contributed by atoms with Gasteiger partial charge >= 0.3 is 5.97 Å². The maximum absolute atomic E-state index is 13.9. The molecule has 0 spiro atoms. The molecule has 1 aliphatic carbocycles. The predicted octanol–water partition coefficient (Wildman–Crippen LogP) is 3.05. The second-order valence-electron chi connectivity index (χ2n) is 12.6. The highest BCUT2D eigenvalue weighted by Crippen LogP contribution is 2.40. The third-order valence-electron chi connectivity index (χ3n) is 8.83. The summed E-state index contributed by atoms with van der Waals surface area (Å²) >= 11 is 0. The van der Waals surface area contributed by atoms with Crippen molar-refractivity contribution in [1.82, 2.24) is 26.1 Å². The fraction of sp³-hybridized carbons (Fsp3) is 0.559. The third kappa shape index (κ3) is 8.26. The zero-order valence-electron chi connectivity index (χ0n) is 27.0. The van der Waals surface area contributed by atoms with Gasteiger partial charge in [-0.15, -0.1) is 0 Å². The van der Waals surface area contributed by atoms with Crippen LogP contribution in [-0.4, -0.2) is 76.7 Å². The van der Waals surface area contributed by atoms with Gasteiger partial charge in [-0.05, 0) is 75.5 Å². The van der Waals surface area contributed by atoms with Crippen LogP contribution in [0.4, 0.5) is 0 Å². The van der Waals surface area contributed by atoms with Gasteiger partial charge in [-0.3, -0.25) is 29.2 Å². The van der Waals surface area contributed by atoms with Crippen molar-refractivity contribution in [2.24, 2.45) is 11.3 Å². The first kappa shape index (κ1) is 34.1. The SMILES string of the molecule is CCc1ccc2ccc(/C=C/C3(C(=O)OC(C(=O)NC(C)C(=O)N4CCCC(C(=O)NC)N4)C(C)C)CCC(O)CC3)cc2n1. The van der Waals surface area contributed by atoms with Gasteiger partial charge in [-0.25, -0.2) is 5.43 Å². The molecule has 4 rings (SSSR count). The van der Waals surface area contributed by atoms with E-state index in [9.17, 15) is 24.3 Å². The minimum Gasteiger partial charge on any atom is -0.451 e. The van der Waals surface area contributed by atoms with Crippen molar-refractivity contribution in [2.75, 3.05) is 13.6 Å². The lowest BCUT2D eigenvalue weighted by molar-refractivity contribution is -0.168.